The van der Waals surface area contributed by atoms with Crippen LogP contribution in [0.4, 0.5) is 0 Å². The highest BCUT2D eigenvalue weighted by Crippen LogP contribution is 2.42. The van der Waals surface area contributed by atoms with E-state index >= 15 is 0 Å². The lowest BCUT2D eigenvalue weighted by Crippen LogP contribution is -2.75. The Balaban J connectivity index is 3.40. The molecule has 1 fully saturated rings. The molecular formula is C17H34N2O2. The maximum atomic E-state index is 13.1. The molecule has 0 bridgehead atoms. The van der Waals surface area contributed by atoms with Gasteiger partial charge >= 0.3 is 0 Å². The first-order valence-electron chi connectivity index (χ1n) is 8.38. The van der Waals surface area contributed by atoms with Crippen molar-refractivity contribution in [3.8, 4) is 0 Å². The normalized spacial score (nSPS) is 27.2. The molecule has 1 aliphatic rings. The Morgan fingerprint density at radius 3 is 1.95 bits per heavy atom. The number of carbonyl (C=O) groups is 1. The lowest BCUT2D eigenvalue weighted by Gasteiger charge is -2.59. The Morgan fingerprint density at radius 2 is 1.62 bits per heavy atom. The van der Waals surface area contributed by atoms with Crippen LogP contribution in [0.5, 0.6) is 0 Å². The van der Waals surface area contributed by atoms with Gasteiger partial charge in [0.25, 0.3) is 0 Å². The molecule has 1 amide bonds. The molecule has 1 atom stereocenters. The number of amides is 1. The average molecular weight is 298 g/mol. The van der Waals surface area contributed by atoms with E-state index < -0.39 is 5.54 Å². The van der Waals surface area contributed by atoms with Crippen molar-refractivity contribution in [1.82, 2.24) is 9.96 Å². The number of carbonyl (C=O) groups excluding carboxylic acids is 1. The quantitative estimate of drug-likeness (QED) is 0.777. The largest absolute Gasteiger partial charge is 0.334 e. The Hall–Kier alpha value is -0.610. The smallest absolute Gasteiger partial charge is 0.245 e. The van der Waals surface area contributed by atoms with Gasteiger partial charge < -0.3 is 4.90 Å². The summed E-state index contributed by atoms with van der Waals surface area (Å²) in [6.07, 6.45) is 2.69. The lowest BCUT2D eigenvalue weighted by atomic mass is 9.79. The minimum absolute atomic E-state index is 0.109. The monoisotopic (exact) mass is 298 g/mol. The van der Waals surface area contributed by atoms with Crippen molar-refractivity contribution in [1.29, 1.82) is 0 Å². The third-order valence-electron chi connectivity index (χ3n) is 5.11. The summed E-state index contributed by atoms with van der Waals surface area (Å²) < 4.78 is 0. The van der Waals surface area contributed by atoms with E-state index in [4.69, 9.17) is 4.84 Å². The van der Waals surface area contributed by atoms with Gasteiger partial charge in [0.1, 0.15) is 5.54 Å². The van der Waals surface area contributed by atoms with Gasteiger partial charge in [-0.1, -0.05) is 20.8 Å². The zero-order valence-electron chi connectivity index (χ0n) is 15.2. The molecule has 21 heavy (non-hydrogen) atoms. The summed E-state index contributed by atoms with van der Waals surface area (Å²) >= 11 is 0. The third kappa shape index (κ3) is 2.98. The highest BCUT2D eigenvalue weighted by Gasteiger charge is 2.57. The van der Waals surface area contributed by atoms with E-state index in [1.165, 1.54) is 0 Å². The van der Waals surface area contributed by atoms with Crippen molar-refractivity contribution in [3.63, 3.8) is 0 Å². The predicted octanol–water partition coefficient (Wildman–Crippen LogP) is 3.61. The van der Waals surface area contributed by atoms with Crippen molar-refractivity contribution in [2.45, 2.75) is 91.3 Å². The number of nitrogens with zero attached hydrogens (tertiary/aromatic N) is 2. The zero-order valence-corrected chi connectivity index (χ0v) is 15.2. The molecule has 0 aromatic carbocycles. The summed E-state index contributed by atoms with van der Waals surface area (Å²) in [4.78, 5) is 21.2. The van der Waals surface area contributed by atoms with Crippen LogP contribution in [0.1, 0.15) is 74.7 Å². The van der Waals surface area contributed by atoms with Gasteiger partial charge in [0.2, 0.25) is 5.91 Å². The van der Waals surface area contributed by atoms with Crippen LogP contribution in [-0.4, -0.2) is 45.6 Å². The molecule has 4 heteroatoms. The minimum atomic E-state index is -0.590. The Kier molecular flexibility index (Phi) is 5.49. The van der Waals surface area contributed by atoms with Gasteiger partial charge in [-0.25, -0.2) is 0 Å². The van der Waals surface area contributed by atoms with Crippen molar-refractivity contribution in [2.24, 2.45) is 0 Å². The van der Waals surface area contributed by atoms with E-state index in [2.05, 4.69) is 46.4 Å². The molecule has 0 spiro atoms. The van der Waals surface area contributed by atoms with Crippen LogP contribution in [0, 0.1) is 0 Å². The fourth-order valence-corrected chi connectivity index (χ4v) is 3.34. The molecule has 0 saturated carbocycles. The molecule has 1 rings (SSSR count). The molecular weight excluding hydrogens is 264 g/mol. The molecule has 0 aromatic heterocycles. The Labute approximate surface area is 130 Å². The highest BCUT2D eigenvalue weighted by atomic mass is 16.7. The van der Waals surface area contributed by atoms with Crippen LogP contribution in [0.2, 0.25) is 0 Å². The fourth-order valence-electron chi connectivity index (χ4n) is 3.34. The highest BCUT2D eigenvalue weighted by molar-refractivity contribution is 5.87. The van der Waals surface area contributed by atoms with Crippen molar-refractivity contribution in [2.75, 3.05) is 13.2 Å². The standard InChI is InChI=1S/C17H34N2O2/c1-9-16(8)14(20)18(15(5,6)7)13-17(10-2,11-3)19(16)21-12-4/h9-13H2,1-8H3. The van der Waals surface area contributed by atoms with Gasteiger partial charge in [0.05, 0.1) is 12.1 Å². The van der Waals surface area contributed by atoms with Crippen LogP contribution in [0.25, 0.3) is 0 Å². The Morgan fingerprint density at radius 1 is 1.10 bits per heavy atom. The van der Waals surface area contributed by atoms with Gasteiger partial charge in [-0.2, -0.15) is 5.06 Å². The lowest BCUT2D eigenvalue weighted by molar-refractivity contribution is -0.294. The molecule has 1 unspecified atom stereocenters. The minimum Gasteiger partial charge on any atom is -0.334 e. The fraction of sp³-hybridized carbons (Fsp3) is 0.941. The maximum absolute atomic E-state index is 13.1. The van der Waals surface area contributed by atoms with E-state index in [9.17, 15) is 4.79 Å². The molecule has 0 aromatic rings. The summed E-state index contributed by atoms with van der Waals surface area (Å²) in [5, 5.41) is 2.03. The topological polar surface area (TPSA) is 32.8 Å². The predicted molar refractivity (Wildman–Crippen MR) is 86.9 cm³/mol. The first kappa shape index (κ1) is 18.4. The maximum Gasteiger partial charge on any atom is 0.245 e. The summed E-state index contributed by atoms with van der Waals surface area (Å²) in [5.41, 5.74) is -0.864. The molecule has 0 aliphatic carbocycles. The van der Waals surface area contributed by atoms with Gasteiger partial charge in [-0.3, -0.25) is 9.63 Å². The second-order valence-electron chi connectivity index (χ2n) is 7.33. The summed E-state index contributed by atoms with van der Waals surface area (Å²) in [6, 6.07) is 0. The van der Waals surface area contributed by atoms with Gasteiger partial charge in [-0.05, 0) is 53.9 Å². The molecule has 4 nitrogen and oxygen atoms in total. The van der Waals surface area contributed by atoms with E-state index in [0.29, 0.717) is 6.61 Å². The molecule has 0 N–H and O–H groups in total. The second kappa shape index (κ2) is 6.25. The van der Waals surface area contributed by atoms with Crippen molar-refractivity contribution < 1.29 is 9.63 Å². The van der Waals surface area contributed by atoms with Gasteiger partial charge in [0, 0.05) is 12.1 Å². The van der Waals surface area contributed by atoms with E-state index in [1.807, 2.05) is 18.9 Å². The number of hydroxylamine groups is 2. The number of piperazine rings is 1. The van der Waals surface area contributed by atoms with Crippen LogP contribution >= 0.6 is 0 Å². The van der Waals surface area contributed by atoms with E-state index in [1.54, 1.807) is 0 Å². The summed E-state index contributed by atoms with van der Waals surface area (Å²) in [5.74, 6) is 0.184. The molecule has 1 saturated heterocycles. The molecule has 1 heterocycles. The van der Waals surface area contributed by atoms with Crippen LogP contribution in [-0.2, 0) is 9.63 Å². The second-order valence-corrected chi connectivity index (χ2v) is 7.33. The summed E-state index contributed by atoms with van der Waals surface area (Å²) in [7, 11) is 0. The van der Waals surface area contributed by atoms with E-state index in [0.717, 1.165) is 25.8 Å². The molecule has 0 radical (unpaired) electrons. The van der Waals surface area contributed by atoms with Gasteiger partial charge in [-0.15, -0.1) is 0 Å². The van der Waals surface area contributed by atoms with Crippen molar-refractivity contribution >= 4 is 5.91 Å². The van der Waals surface area contributed by atoms with Crippen LogP contribution < -0.4 is 0 Å². The first-order valence-corrected chi connectivity index (χ1v) is 8.38. The molecule has 124 valence electrons. The Bertz CT molecular complexity index is 371. The van der Waals surface area contributed by atoms with Crippen molar-refractivity contribution in [3.05, 3.63) is 0 Å². The average Bonchev–Trinajstić information content (AvgIpc) is 2.43. The van der Waals surface area contributed by atoms with Crippen LogP contribution in [0.15, 0.2) is 0 Å². The number of hydrogen-bond acceptors (Lipinski definition) is 3. The van der Waals surface area contributed by atoms with Gasteiger partial charge in [0.15, 0.2) is 0 Å². The zero-order chi connectivity index (χ0) is 16.5. The summed E-state index contributed by atoms with van der Waals surface area (Å²) in [6.45, 7) is 18.2. The molecule has 1 aliphatic heterocycles. The van der Waals surface area contributed by atoms with Crippen LogP contribution in [0.3, 0.4) is 0 Å². The SMILES string of the molecule is CCON1C(CC)(CC)CN(C(C)(C)C)C(=O)C1(C)CC. The number of hydrogen-bond donors (Lipinski definition) is 0. The third-order valence-corrected chi connectivity index (χ3v) is 5.11. The first-order chi connectivity index (χ1) is 9.62. The number of rotatable bonds is 5. The van der Waals surface area contributed by atoms with E-state index in [-0.39, 0.29) is 17.0 Å².